The van der Waals surface area contributed by atoms with E-state index in [9.17, 15) is 0 Å². The molecule has 0 N–H and O–H groups in total. The van der Waals surface area contributed by atoms with Crippen molar-refractivity contribution in [3.63, 3.8) is 0 Å². The molecule has 198 valence electrons. The maximum absolute atomic E-state index is 5.03. The van der Waals surface area contributed by atoms with Crippen LogP contribution in [-0.4, -0.2) is 19.9 Å². The Kier molecular flexibility index (Phi) is 6.85. The van der Waals surface area contributed by atoms with Crippen LogP contribution in [0.5, 0.6) is 0 Å². The van der Waals surface area contributed by atoms with E-state index in [2.05, 4.69) is 102 Å². The summed E-state index contributed by atoms with van der Waals surface area (Å²) in [5.74, 6) is 1.89. The number of nitrogens with zero attached hydrogens (tertiary/aromatic N) is 4. The first-order valence-electron chi connectivity index (χ1n) is 13.9. The van der Waals surface area contributed by atoms with Crippen LogP contribution in [0.4, 0.5) is 0 Å². The van der Waals surface area contributed by atoms with Gasteiger partial charge in [0.15, 0.2) is 17.5 Å². The van der Waals surface area contributed by atoms with Gasteiger partial charge >= 0.3 is 0 Å². The fraction of sp³-hybridized carbons (Fsp3) is 0. The van der Waals surface area contributed by atoms with Gasteiger partial charge in [-0.2, -0.15) is 0 Å². The van der Waals surface area contributed by atoms with Gasteiger partial charge in [0.2, 0.25) is 0 Å². The molecule has 0 bridgehead atoms. The fourth-order valence-corrected chi connectivity index (χ4v) is 5.05. The van der Waals surface area contributed by atoms with Crippen LogP contribution in [0.1, 0.15) is 0 Å². The number of rotatable bonds is 6. The Bertz CT molecular complexity index is 1880. The van der Waals surface area contributed by atoms with Crippen molar-refractivity contribution in [3.05, 3.63) is 158 Å². The van der Waals surface area contributed by atoms with Gasteiger partial charge in [0, 0.05) is 34.6 Å². The SMILES string of the molecule is c1ccc(-c2ccc(-c3nc(-c4ccccc4)nc(-c4cc(-c5ccccc5)cc(-c5cccnc5)c4)n3)cc2)cc1. The van der Waals surface area contributed by atoms with Crippen molar-refractivity contribution in [3.8, 4) is 67.5 Å². The lowest BCUT2D eigenvalue weighted by atomic mass is 9.96. The van der Waals surface area contributed by atoms with Crippen LogP contribution >= 0.6 is 0 Å². The minimum absolute atomic E-state index is 0.619. The highest BCUT2D eigenvalue weighted by molar-refractivity contribution is 5.80. The summed E-state index contributed by atoms with van der Waals surface area (Å²) in [5, 5.41) is 0. The highest BCUT2D eigenvalue weighted by Crippen LogP contribution is 2.33. The summed E-state index contributed by atoms with van der Waals surface area (Å²) in [6, 6.07) is 49.7. The number of benzene rings is 5. The van der Waals surface area contributed by atoms with Crippen LogP contribution in [0, 0.1) is 0 Å². The largest absolute Gasteiger partial charge is 0.264 e. The van der Waals surface area contributed by atoms with Crippen molar-refractivity contribution in [2.75, 3.05) is 0 Å². The molecule has 0 unspecified atom stereocenters. The van der Waals surface area contributed by atoms with Crippen LogP contribution in [0.25, 0.3) is 67.5 Å². The molecule has 4 nitrogen and oxygen atoms in total. The van der Waals surface area contributed by atoms with E-state index in [1.165, 1.54) is 5.56 Å². The quantitative estimate of drug-likeness (QED) is 0.212. The summed E-state index contributed by atoms with van der Waals surface area (Å²) in [7, 11) is 0. The van der Waals surface area contributed by atoms with Gasteiger partial charge in [-0.3, -0.25) is 4.98 Å². The molecule has 0 aliphatic rings. The lowest BCUT2D eigenvalue weighted by Crippen LogP contribution is -2.00. The Labute approximate surface area is 245 Å². The van der Waals surface area contributed by atoms with Crippen LogP contribution in [0.3, 0.4) is 0 Å². The van der Waals surface area contributed by atoms with Crippen molar-refractivity contribution in [1.82, 2.24) is 19.9 Å². The van der Waals surface area contributed by atoms with Gasteiger partial charge in [0.25, 0.3) is 0 Å². The summed E-state index contributed by atoms with van der Waals surface area (Å²) >= 11 is 0. The lowest BCUT2D eigenvalue weighted by Gasteiger charge is -2.12. The van der Waals surface area contributed by atoms with E-state index >= 15 is 0 Å². The normalized spacial score (nSPS) is 10.9. The standard InChI is InChI=1S/C38H26N4/c1-4-11-27(12-5-1)29-18-20-31(21-19-29)37-40-36(30-15-8-3-9-16-30)41-38(42-37)35-24-33(28-13-6-2-7-14-28)23-34(25-35)32-17-10-22-39-26-32/h1-26H. The second-order valence-electron chi connectivity index (χ2n) is 10.0. The van der Waals surface area contributed by atoms with Crippen molar-refractivity contribution in [1.29, 1.82) is 0 Å². The Morgan fingerprint density at radius 2 is 0.667 bits per heavy atom. The first kappa shape index (κ1) is 25.2. The Morgan fingerprint density at radius 1 is 0.286 bits per heavy atom. The summed E-state index contributed by atoms with van der Waals surface area (Å²) in [5.41, 5.74) is 9.40. The molecule has 7 aromatic rings. The van der Waals surface area contributed by atoms with Gasteiger partial charge < -0.3 is 0 Å². The molecular formula is C38H26N4. The van der Waals surface area contributed by atoms with E-state index in [4.69, 9.17) is 15.0 Å². The van der Waals surface area contributed by atoms with Crippen molar-refractivity contribution < 1.29 is 0 Å². The first-order chi connectivity index (χ1) is 20.8. The molecule has 0 saturated heterocycles. The minimum Gasteiger partial charge on any atom is -0.264 e. The maximum atomic E-state index is 5.03. The summed E-state index contributed by atoms with van der Waals surface area (Å²) in [6.07, 6.45) is 3.68. The van der Waals surface area contributed by atoms with Gasteiger partial charge in [0.05, 0.1) is 0 Å². The summed E-state index contributed by atoms with van der Waals surface area (Å²) < 4.78 is 0. The molecule has 0 fully saturated rings. The third-order valence-corrected chi connectivity index (χ3v) is 7.21. The van der Waals surface area contributed by atoms with E-state index in [0.29, 0.717) is 17.5 Å². The van der Waals surface area contributed by atoms with E-state index in [1.54, 1.807) is 6.20 Å². The number of pyridine rings is 1. The van der Waals surface area contributed by atoms with Crippen LogP contribution in [0.2, 0.25) is 0 Å². The molecular weight excluding hydrogens is 512 g/mol. The highest BCUT2D eigenvalue weighted by atomic mass is 15.0. The molecule has 2 heterocycles. The van der Waals surface area contributed by atoms with Gasteiger partial charge in [-0.15, -0.1) is 0 Å². The topological polar surface area (TPSA) is 51.6 Å². The summed E-state index contributed by atoms with van der Waals surface area (Å²) in [6.45, 7) is 0. The molecule has 5 aromatic carbocycles. The predicted molar refractivity (Wildman–Crippen MR) is 170 cm³/mol. The Balaban J connectivity index is 1.39. The van der Waals surface area contributed by atoms with Gasteiger partial charge in [-0.1, -0.05) is 121 Å². The molecule has 0 saturated carbocycles. The molecule has 0 radical (unpaired) electrons. The van der Waals surface area contributed by atoms with Crippen LogP contribution < -0.4 is 0 Å². The average Bonchev–Trinajstić information content (AvgIpc) is 3.09. The number of hydrogen-bond donors (Lipinski definition) is 0. The monoisotopic (exact) mass is 538 g/mol. The molecule has 0 atom stereocenters. The number of hydrogen-bond acceptors (Lipinski definition) is 4. The van der Waals surface area contributed by atoms with E-state index in [-0.39, 0.29) is 0 Å². The highest BCUT2D eigenvalue weighted by Gasteiger charge is 2.15. The molecule has 0 amide bonds. The Hall–Kier alpha value is -5.74. The smallest absolute Gasteiger partial charge is 0.164 e. The lowest BCUT2D eigenvalue weighted by molar-refractivity contribution is 1.07. The molecule has 42 heavy (non-hydrogen) atoms. The first-order valence-corrected chi connectivity index (χ1v) is 13.9. The van der Waals surface area contributed by atoms with Gasteiger partial charge in [-0.25, -0.2) is 15.0 Å². The van der Waals surface area contributed by atoms with Crippen LogP contribution in [-0.2, 0) is 0 Å². The summed E-state index contributed by atoms with van der Waals surface area (Å²) in [4.78, 5) is 19.3. The third-order valence-electron chi connectivity index (χ3n) is 7.21. The second-order valence-corrected chi connectivity index (χ2v) is 10.0. The fourth-order valence-electron chi connectivity index (χ4n) is 5.05. The maximum Gasteiger partial charge on any atom is 0.164 e. The van der Waals surface area contributed by atoms with Gasteiger partial charge in [0.1, 0.15) is 0 Å². The average molecular weight is 539 g/mol. The molecule has 0 spiro atoms. The molecule has 4 heteroatoms. The van der Waals surface area contributed by atoms with Crippen molar-refractivity contribution in [2.45, 2.75) is 0 Å². The van der Waals surface area contributed by atoms with E-state index in [0.717, 1.165) is 44.5 Å². The number of aromatic nitrogens is 4. The molecule has 2 aromatic heterocycles. The molecule has 0 aliphatic heterocycles. The zero-order chi connectivity index (χ0) is 28.1. The van der Waals surface area contributed by atoms with Crippen molar-refractivity contribution in [2.24, 2.45) is 0 Å². The van der Waals surface area contributed by atoms with E-state index < -0.39 is 0 Å². The van der Waals surface area contributed by atoms with Crippen LogP contribution in [0.15, 0.2) is 158 Å². The van der Waals surface area contributed by atoms with Gasteiger partial charge in [-0.05, 0) is 52.1 Å². The molecule has 0 aliphatic carbocycles. The molecule has 7 rings (SSSR count). The Morgan fingerprint density at radius 3 is 1.21 bits per heavy atom. The second kappa shape index (κ2) is 11.4. The predicted octanol–water partition coefficient (Wildman–Crippen LogP) is 9.27. The van der Waals surface area contributed by atoms with Crippen molar-refractivity contribution >= 4 is 0 Å². The van der Waals surface area contributed by atoms with E-state index in [1.807, 2.05) is 54.7 Å². The minimum atomic E-state index is 0.619. The third kappa shape index (κ3) is 5.34. The zero-order valence-corrected chi connectivity index (χ0v) is 22.8. The zero-order valence-electron chi connectivity index (χ0n) is 22.8.